The van der Waals surface area contributed by atoms with Crippen LogP contribution in [0.5, 0.6) is 0 Å². The summed E-state index contributed by atoms with van der Waals surface area (Å²) in [5.74, 6) is -1.22. The van der Waals surface area contributed by atoms with E-state index in [1.165, 1.54) is 13.8 Å². The topological polar surface area (TPSA) is 104 Å². The van der Waals surface area contributed by atoms with Gasteiger partial charge in [0, 0.05) is 35.8 Å². The van der Waals surface area contributed by atoms with E-state index in [1.54, 1.807) is 0 Å². The molecule has 2 aliphatic rings. The van der Waals surface area contributed by atoms with Crippen molar-refractivity contribution in [1.82, 2.24) is 0 Å². The minimum atomic E-state index is -0.489. The SMILES string of the molecule is C=C1C(=O)O[C@H](/C=C(\C)CC/C=C(\C=O)C/C(C)=C/[C@H]2OC(=O)C(=C)[C@H]2CCC(C)=O)[C@@H]1CCC(C)=O. The fraction of sp³-hybridized carbons (Fsp3) is 0.500. The van der Waals surface area contributed by atoms with E-state index in [-0.39, 0.29) is 23.4 Å². The number of ketones is 2. The third kappa shape index (κ3) is 8.92. The van der Waals surface area contributed by atoms with Crippen molar-refractivity contribution in [1.29, 1.82) is 0 Å². The van der Waals surface area contributed by atoms with Crippen LogP contribution in [0.1, 0.15) is 72.6 Å². The number of hydrogen-bond acceptors (Lipinski definition) is 7. The zero-order chi connectivity index (χ0) is 27.7. The third-order valence-electron chi connectivity index (χ3n) is 6.79. The first-order chi connectivity index (χ1) is 17.4. The first-order valence-electron chi connectivity index (χ1n) is 12.7. The molecule has 7 heteroatoms. The highest BCUT2D eigenvalue weighted by atomic mass is 16.6. The fourth-order valence-corrected chi connectivity index (χ4v) is 4.63. The van der Waals surface area contributed by atoms with Crippen LogP contribution in [0.15, 0.2) is 59.3 Å². The molecule has 7 nitrogen and oxygen atoms in total. The maximum atomic E-state index is 12.0. The van der Waals surface area contributed by atoms with E-state index in [9.17, 15) is 24.0 Å². The Morgan fingerprint density at radius 1 is 0.784 bits per heavy atom. The normalized spacial score (nSPS) is 24.8. The highest BCUT2D eigenvalue weighted by Crippen LogP contribution is 2.33. The van der Waals surface area contributed by atoms with E-state index in [0.717, 1.165) is 17.4 Å². The number of aldehydes is 1. The van der Waals surface area contributed by atoms with Crippen LogP contribution in [-0.4, -0.2) is 42.0 Å². The van der Waals surface area contributed by atoms with Gasteiger partial charge in [0.05, 0.1) is 0 Å². The molecule has 37 heavy (non-hydrogen) atoms. The monoisotopic (exact) mass is 510 g/mol. The van der Waals surface area contributed by atoms with Gasteiger partial charge in [-0.05, 0) is 77.5 Å². The van der Waals surface area contributed by atoms with E-state index in [2.05, 4.69) is 13.2 Å². The zero-order valence-electron chi connectivity index (χ0n) is 22.3. The molecule has 0 N–H and O–H groups in total. The number of rotatable bonds is 14. The molecular weight excluding hydrogens is 472 g/mol. The van der Waals surface area contributed by atoms with Crippen LogP contribution >= 0.6 is 0 Å². The molecule has 0 saturated carbocycles. The fourth-order valence-electron chi connectivity index (χ4n) is 4.63. The van der Waals surface area contributed by atoms with Crippen molar-refractivity contribution in [3.8, 4) is 0 Å². The molecule has 0 aromatic heterocycles. The number of esters is 2. The highest BCUT2D eigenvalue weighted by Gasteiger charge is 2.38. The lowest BCUT2D eigenvalue weighted by Crippen LogP contribution is -2.15. The molecule has 0 aromatic carbocycles. The molecule has 2 saturated heterocycles. The van der Waals surface area contributed by atoms with E-state index < -0.39 is 24.1 Å². The van der Waals surface area contributed by atoms with Gasteiger partial charge in [0.1, 0.15) is 30.1 Å². The molecule has 0 spiro atoms. The van der Waals surface area contributed by atoms with Crippen LogP contribution in [-0.2, 0) is 33.4 Å². The van der Waals surface area contributed by atoms with Crippen molar-refractivity contribution in [3.05, 3.63) is 59.3 Å². The van der Waals surface area contributed by atoms with Crippen LogP contribution in [0.2, 0.25) is 0 Å². The van der Waals surface area contributed by atoms with Crippen molar-refractivity contribution in [2.24, 2.45) is 11.8 Å². The molecule has 0 unspecified atom stereocenters. The van der Waals surface area contributed by atoms with Gasteiger partial charge in [0.15, 0.2) is 0 Å². The minimum absolute atomic E-state index is 0.0460. The molecule has 0 amide bonds. The molecule has 0 bridgehead atoms. The minimum Gasteiger partial charge on any atom is -0.454 e. The van der Waals surface area contributed by atoms with Gasteiger partial charge < -0.3 is 19.1 Å². The summed E-state index contributed by atoms with van der Waals surface area (Å²) in [6, 6.07) is 0. The van der Waals surface area contributed by atoms with E-state index in [0.29, 0.717) is 61.7 Å². The van der Waals surface area contributed by atoms with Crippen LogP contribution in [0.25, 0.3) is 0 Å². The summed E-state index contributed by atoms with van der Waals surface area (Å²) >= 11 is 0. The molecule has 2 rings (SSSR count). The summed E-state index contributed by atoms with van der Waals surface area (Å²) in [5.41, 5.74) is 3.30. The molecule has 0 aliphatic carbocycles. The average molecular weight is 511 g/mol. The van der Waals surface area contributed by atoms with Gasteiger partial charge in [-0.1, -0.05) is 30.4 Å². The molecule has 0 radical (unpaired) electrons. The zero-order valence-corrected chi connectivity index (χ0v) is 22.3. The Morgan fingerprint density at radius 3 is 1.68 bits per heavy atom. The Labute approximate surface area is 219 Å². The molecule has 200 valence electrons. The largest absolute Gasteiger partial charge is 0.454 e. The summed E-state index contributed by atoms with van der Waals surface area (Å²) in [6.45, 7) is 14.5. The average Bonchev–Trinajstić information content (AvgIpc) is 3.23. The van der Waals surface area contributed by atoms with Crippen LogP contribution < -0.4 is 0 Å². The maximum Gasteiger partial charge on any atom is 0.334 e. The summed E-state index contributed by atoms with van der Waals surface area (Å²) in [4.78, 5) is 58.4. The van der Waals surface area contributed by atoms with Crippen molar-refractivity contribution < 1.29 is 33.4 Å². The number of ether oxygens (including phenoxy) is 2. The quantitative estimate of drug-likeness (QED) is 0.138. The molecular formula is C30H38O7. The Hall–Kier alpha value is -3.35. The predicted molar refractivity (Wildman–Crippen MR) is 140 cm³/mol. The summed E-state index contributed by atoms with van der Waals surface area (Å²) in [6.07, 6.45) is 8.97. The second kappa shape index (κ2) is 13.8. The third-order valence-corrected chi connectivity index (χ3v) is 6.79. The smallest absolute Gasteiger partial charge is 0.334 e. The van der Waals surface area contributed by atoms with Crippen molar-refractivity contribution in [2.45, 2.75) is 84.8 Å². The second-order valence-electron chi connectivity index (χ2n) is 10.1. The van der Waals surface area contributed by atoms with Crippen LogP contribution in [0.4, 0.5) is 0 Å². The number of carbonyl (C=O) groups excluding carboxylic acids is 5. The number of carbonyl (C=O) groups is 5. The maximum absolute atomic E-state index is 12.0. The van der Waals surface area contributed by atoms with Crippen LogP contribution in [0, 0.1) is 11.8 Å². The number of cyclic esters (lactones) is 2. The van der Waals surface area contributed by atoms with Gasteiger partial charge in [0.25, 0.3) is 0 Å². The lowest BCUT2D eigenvalue weighted by molar-refractivity contribution is -0.138. The molecule has 2 aliphatic heterocycles. The standard InChI is InChI=1S/C30H38O7/c1-18(15-27-25(12-10-20(3)32)22(5)29(34)36-27)8-7-9-24(17-31)14-19(2)16-28-26(13-11-21(4)33)23(6)30(35)37-28/h9,15-17,25-28H,5-8,10-14H2,1-4H3/b18-15+,19-16+,24-9-/t25-,26-,27-,28-/m1/s1. The summed E-state index contributed by atoms with van der Waals surface area (Å²) in [5, 5.41) is 0. The molecule has 0 aromatic rings. The van der Waals surface area contributed by atoms with E-state index >= 15 is 0 Å². The summed E-state index contributed by atoms with van der Waals surface area (Å²) in [7, 11) is 0. The number of Topliss-reactive ketones (excluding diaryl/α,β-unsaturated/α-hetero) is 2. The lowest BCUT2D eigenvalue weighted by atomic mass is 9.89. The molecule has 4 atom stereocenters. The van der Waals surface area contributed by atoms with Crippen LogP contribution in [0.3, 0.4) is 0 Å². The lowest BCUT2D eigenvalue weighted by Gasteiger charge is -2.15. The van der Waals surface area contributed by atoms with E-state index in [1.807, 2.05) is 32.1 Å². The Morgan fingerprint density at radius 2 is 1.24 bits per heavy atom. The van der Waals surface area contributed by atoms with Gasteiger partial charge in [-0.25, -0.2) is 9.59 Å². The number of hydrogen-bond donors (Lipinski definition) is 0. The highest BCUT2D eigenvalue weighted by molar-refractivity contribution is 5.91. The van der Waals surface area contributed by atoms with Crippen molar-refractivity contribution >= 4 is 29.8 Å². The van der Waals surface area contributed by atoms with Gasteiger partial charge >= 0.3 is 11.9 Å². The van der Waals surface area contributed by atoms with Gasteiger partial charge in [-0.2, -0.15) is 0 Å². The first kappa shape index (κ1) is 29.9. The first-order valence-corrected chi connectivity index (χ1v) is 12.7. The molecule has 2 fully saturated rings. The van der Waals surface area contributed by atoms with Gasteiger partial charge in [0.2, 0.25) is 0 Å². The molecule has 2 heterocycles. The Bertz CT molecular complexity index is 1060. The van der Waals surface area contributed by atoms with Crippen molar-refractivity contribution in [3.63, 3.8) is 0 Å². The number of allylic oxidation sites excluding steroid dienone is 4. The van der Waals surface area contributed by atoms with Crippen molar-refractivity contribution in [2.75, 3.05) is 0 Å². The second-order valence-corrected chi connectivity index (χ2v) is 10.1. The van der Waals surface area contributed by atoms with E-state index in [4.69, 9.17) is 9.47 Å². The summed E-state index contributed by atoms with van der Waals surface area (Å²) < 4.78 is 10.9. The Balaban J connectivity index is 1.98. The predicted octanol–water partition coefficient (Wildman–Crippen LogP) is 5.11. The Kier molecular flexibility index (Phi) is 11.2. The van der Waals surface area contributed by atoms with Gasteiger partial charge in [-0.15, -0.1) is 0 Å². The van der Waals surface area contributed by atoms with Gasteiger partial charge in [-0.3, -0.25) is 4.79 Å².